The number of ether oxygens (including phenoxy) is 3. The number of hydrazone groups is 1. The summed E-state index contributed by atoms with van der Waals surface area (Å²) in [7, 11) is -2.69. The fourth-order valence-corrected chi connectivity index (χ4v) is 4.48. The van der Waals surface area contributed by atoms with Gasteiger partial charge in [-0.15, -0.1) is 0 Å². The molecule has 1 N–H and O–H groups in total. The Morgan fingerprint density at radius 3 is 2.56 bits per heavy atom. The van der Waals surface area contributed by atoms with Gasteiger partial charge in [0.25, 0.3) is 21.6 Å². The van der Waals surface area contributed by atoms with E-state index in [4.69, 9.17) is 14.2 Å². The van der Waals surface area contributed by atoms with Crippen LogP contribution in [0.3, 0.4) is 0 Å². The van der Waals surface area contributed by atoms with Gasteiger partial charge in [0.05, 0.1) is 35.4 Å². The predicted molar refractivity (Wildman–Crippen MR) is 131 cm³/mol. The second kappa shape index (κ2) is 11.4. The van der Waals surface area contributed by atoms with Crippen molar-refractivity contribution in [1.29, 1.82) is 0 Å². The summed E-state index contributed by atoms with van der Waals surface area (Å²) in [6, 6.07) is 8.33. The van der Waals surface area contributed by atoms with Crippen LogP contribution in [0.2, 0.25) is 0 Å². The summed E-state index contributed by atoms with van der Waals surface area (Å²) in [6.07, 6.45) is 1.14. The highest BCUT2D eigenvalue weighted by molar-refractivity contribution is 7.89. The summed E-state index contributed by atoms with van der Waals surface area (Å²) in [6.45, 7) is 6.14. The normalized spacial score (nSPS) is 18.2. The minimum Gasteiger partial charge on any atom is -0.493 e. The van der Waals surface area contributed by atoms with Crippen molar-refractivity contribution in [3.05, 3.63) is 57.6 Å². The van der Waals surface area contributed by atoms with Gasteiger partial charge in [-0.05, 0) is 50.6 Å². The number of aryl methyl sites for hydroxylation is 1. The number of morpholine rings is 1. The van der Waals surface area contributed by atoms with E-state index in [2.05, 4.69) is 5.10 Å². The van der Waals surface area contributed by atoms with Gasteiger partial charge < -0.3 is 19.1 Å². The van der Waals surface area contributed by atoms with E-state index in [0.29, 0.717) is 35.7 Å². The van der Waals surface area contributed by atoms with Crippen molar-refractivity contribution in [2.45, 2.75) is 37.9 Å². The number of nitrogens with one attached hydrogen (secondary N) is 1. The van der Waals surface area contributed by atoms with Crippen LogP contribution in [-0.2, 0) is 19.6 Å². The van der Waals surface area contributed by atoms with Gasteiger partial charge in [0.1, 0.15) is 0 Å². The van der Waals surface area contributed by atoms with Gasteiger partial charge in [0.15, 0.2) is 18.1 Å². The van der Waals surface area contributed by atoms with Crippen molar-refractivity contribution in [2.24, 2.45) is 5.10 Å². The van der Waals surface area contributed by atoms with Gasteiger partial charge in [-0.25, -0.2) is 4.83 Å². The molecule has 1 amide bonds. The molecule has 36 heavy (non-hydrogen) atoms. The fourth-order valence-electron chi connectivity index (χ4n) is 3.67. The van der Waals surface area contributed by atoms with E-state index in [0.717, 1.165) is 6.07 Å². The Morgan fingerprint density at radius 1 is 1.22 bits per heavy atom. The average Bonchev–Trinajstić information content (AvgIpc) is 2.82. The number of nitro groups is 1. The van der Waals surface area contributed by atoms with Crippen molar-refractivity contribution >= 4 is 27.8 Å². The first-order chi connectivity index (χ1) is 17.0. The summed E-state index contributed by atoms with van der Waals surface area (Å²) in [5.74, 6) is 0.493. The first-order valence-electron chi connectivity index (χ1n) is 11.0. The predicted octanol–water partition coefficient (Wildman–Crippen LogP) is 2.24. The van der Waals surface area contributed by atoms with Crippen molar-refractivity contribution in [3.63, 3.8) is 0 Å². The van der Waals surface area contributed by atoms with Crippen LogP contribution in [0.25, 0.3) is 0 Å². The molecule has 0 aliphatic carbocycles. The van der Waals surface area contributed by atoms with Crippen LogP contribution in [0.4, 0.5) is 5.69 Å². The number of methoxy groups -OCH3 is 1. The van der Waals surface area contributed by atoms with Crippen molar-refractivity contribution in [3.8, 4) is 11.5 Å². The van der Waals surface area contributed by atoms with Gasteiger partial charge >= 0.3 is 0 Å². The van der Waals surface area contributed by atoms with Crippen molar-refractivity contribution in [2.75, 3.05) is 26.8 Å². The Labute approximate surface area is 209 Å². The zero-order chi connectivity index (χ0) is 26.5. The molecule has 1 saturated heterocycles. The zero-order valence-electron chi connectivity index (χ0n) is 20.3. The molecule has 13 heteroatoms. The maximum Gasteiger partial charge on any atom is 0.276 e. The first kappa shape index (κ1) is 26.9. The number of rotatable bonds is 9. The Bertz CT molecular complexity index is 1250. The molecule has 1 aliphatic heterocycles. The number of hydrogen-bond donors (Lipinski definition) is 1. The molecule has 0 radical (unpaired) electrons. The third kappa shape index (κ3) is 6.70. The van der Waals surface area contributed by atoms with Crippen molar-refractivity contribution < 1.29 is 32.3 Å². The van der Waals surface area contributed by atoms with Gasteiger partial charge in [-0.1, -0.05) is 6.07 Å². The highest BCUT2D eigenvalue weighted by atomic mass is 32.2. The Hall–Kier alpha value is -3.71. The number of sulfonamides is 1. The van der Waals surface area contributed by atoms with Gasteiger partial charge in [0, 0.05) is 24.7 Å². The molecule has 1 aliphatic rings. The van der Waals surface area contributed by atoms with Crippen LogP contribution in [0.15, 0.2) is 46.4 Å². The number of hydrogen-bond acceptors (Lipinski definition) is 9. The number of benzene rings is 2. The summed E-state index contributed by atoms with van der Waals surface area (Å²) in [5.41, 5.74) is 0.518. The van der Waals surface area contributed by atoms with E-state index in [1.54, 1.807) is 23.1 Å². The highest BCUT2D eigenvalue weighted by Crippen LogP contribution is 2.28. The molecule has 194 valence electrons. The molecule has 1 fully saturated rings. The largest absolute Gasteiger partial charge is 0.493 e. The second-order valence-corrected chi connectivity index (χ2v) is 9.97. The Balaban J connectivity index is 1.64. The average molecular weight is 521 g/mol. The zero-order valence-corrected chi connectivity index (χ0v) is 21.1. The van der Waals surface area contributed by atoms with Gasteiger partial charge in [-0.2, -0.15) is 13.5 Å². The molecule has 0 aromatic heterocycles. The minimum atomic E-state index is -4.12. The lowest BCUT2D eigenvalue weighted by Gasteiger charge is -2.35. The number of nitrogens with zero attached hydrogens (tertiary/aromatic N) is 3. The lowest BCUT2D eigenvalue weighted by molar-refractivity contribution is -0.385. The summed E-state index contributed by atoms with van der Waals surface area (Å²) >= 11 is 0. The van der Waals surface area contributed by atoms with Crippen LogP contribution in [0, 0.1) is 17.0 Å². The standard InChI is InChI=1S/C23H28N4O8S/c1-15-5-7-19(10-20(15)27(29)30)36(31,32)25-24-11-18-6-8-21(22(9-18)33-4)34-14-23(28)26-12-16(2)35-17(3)13-26/h5-11,16-17,25H,12-14H2,1-4H3. The SMILES string of the molecule is COc1cc(C=NNS(=O)(=O)c2ccc(C)c([N+](=O)[O-])c2)ccc1OCC(=O)N1CC(C)OC(C)C1. The third-order valence-electron chi connectivity index (χ3n) is 5.39. The second-order valence-electron chi connectivity index (χ2n) is 8.31. The molecule has 2 atom stereocenters. The fraction of sp³-hybridized carbons (Fsp3) is 0.391. The van der Waals surface area contributed by atoms with E-state index in [9.17, 15) is 23.3 Å². The summed E-state index contributed by atoms with van der Waals surface area (Å²) in [4.78, 5) is 26.4. The van der Waals surface area contributed by atoms with Crippen molar-refractivity contribution in [1.82, 2.24) is 9.73 Å². The maximum atomic E-state index is 12.5. The summed E-state index contributed by atoms with van der Waals surface area (Å²) < 4.78 is 41.6. The number of carbonyl (C=O) groups excluding carboxylic acids is 1. The molecule has 0 bridgehead atoms. The number of amides is 1. The van der Waals surface area contributed by atoms with E-state index in [1.165, 1.54) is 32.4 Å². The number of carbonyl (C=O) groups is 1. The minimum absolute atomic E-state index is 0.0515. The molecule has 1 heterocycles. The molecular formula is C23H28N4O8S. The van der Waals surface area contributed by atoms with E-state index >= 15 is 0 Å². The van der Waals surface area contributed by atoms with E-state index in [1.807, 2.05) is 18.7 Å². The number of nitro benzene ring substituents is 1. The molecule has 0 saturated carbocycles. The molecule has 12 nitrogen and oxygen atoms in total. The van der Waals surface area contributed by atoms with Crippen LogP contribution >= 0.6 is 0 Å². The third-order valence-corrected chi connectivity index (χ3v) is 6.61. The Kier molecular flexibility index (Phi) is 8.48. The lowest BCUT2D eigenvalue weighted by atomic mass is 10.2. The van der Waals surface area contributed by atoms with Gasteiger partial charge in [-0.3, -0.25) is 14.9 Å². The maximum absolute atomic E-state index is 12.5. The van der Waals surface area contributed by atoms with E-state index < -0.39 is 14.9 Å². The summed E-state index contributed by atoms with van der Waals surface area (Å²) in [5, 5.41) is 14.8. The van der Waals surface area contributed by atoms with Crippen LogP contribution < -0.4 is 14.3 Å². The molecule has 0 spiro atoms. The first-order valence-corrected chi connectivity index (χ1v) is 12.5. The smallest absolute Gasteiger partial charge is 0.276 e. The molecular weight excluding hydrogens is 492 g/mol. The van der Waals surface area contributed by atoms with E-state index in [-0.39, 0.29) is 35.3 Å². The van der Waals surface area contributed by atoms with Crippen LogP contribution in [0.5, 0.6) is 11.5 Å². The van der Waals surface area contributed by atoms with Crippen LogP contribution in [-0.4, -0.2) is 69.4 Å². The molecule has 3 rings (SSSR count). The molecule has 2 unspecified atom stereocenters. The quantitative estimate of drug-likeness (QED) is 0.300. The topological polar surface area (TPSA) is 150 Å². The highest BCUT2D eigenvalue weighted by Gasteiger charge is 2.26. The Morgan fingerprint density at radius 2 is 1.92 bits per heavy atom. The lowest BCUT2D eigenvalue weighted by Crippen LogP contribution is -2.49. The van der Waals surface area contributed by atoms with Gasteiger partial charge in [0.2, 0.25) is 0 Å². The molecule has 2 aromatic carbocycles. The molecule has 2 aromatic rings. The van der Waals surface area contributed by atoms with Crippen LogP contribution in [0.1, 0.15) is 25.0 Å². The monoisotopic (exact) mass is 520 g/mol.